The van der Waals surface area contributed by atoms with Crippen molar-refractivity contribution in [2.45, 2.75) is 78.7 Å². The molecule has 28 heavy (non-hydrogen) atoms. The molecule has 3 saturated carbocycles. The number of fused-ring (bicyclic) bond motifs is 5. The molecule has 4 aliphatic carbocycles. The number of carbonyl (C=O) groups is 3. The topological polar surface area (TPSA) is 91.7 Å². The van der Waals surface area contributed by atoms with E-state index in [-0.39, 0.29) is 22.5 Å². The van der Waals surface area contributed by atoms with Gasteiger partial charge in [-0.1, -0.05) is 19.4 Å². The molecule has 4 aliphatic rings. The van der Waals surface area contributed by atoms with Gasteiger partial charge in [-0.05, 0) is 80.1 Å². The van der Waals surface area contributed by atoms with Gasteiger partial charge >= 0.3 is 0 Å². The molecule has 1 unspecified atom stereocenters. The highest BCUT2D eigenvalue weighted by Gasteiger charge is 2.62. The number of allylic oxidation sites excluding steroid dienone is 1. The van der Waals surface area contributed by atoms with Gasteiger partial charge in [0.05, 0.1) is 6.10 Å². The smallest absolute Gasteiger partial charge is 0.300 e. The van der Waals surface area contributed by atoms with Gasteiger partial charge in [0.15, 0.2) is 5.78 Å². The second-order valence-electron chi connectivity index (χ2n) is 9.92. The van der Waals surface area contributed by atoms with Crippen molar-refractivity contribution >= 4 is 17.5 Å². The summed E-state index contributed by atoms with van der Waals surface area (Å²) >= 11 is 0. The van der Waals surface area contributed by atoms with Gasteiger partial charge in [-0.3, -0.25) is 14.4 Å². The van der Waals surface area contributed by atoms with E-state index >= 15 is 0 Å². The summed E-state index contributed by atoms with van der Waals surface area (Å²) in [6.45, 7) is 7.37. The normalized spacial score (nSPS) is 44.2. The number of hydrogen-bond acceptors (Lipinski definition) is 4. The third-order valence-corrected chi connectivity index (χ3v) is 8.43. The van der Waals surface area contributed by atoms with Crippen LogP contribution in [0.25, 0.3) is 0 Å². The van der Waals surface area contributed by atoms with Gasteiger partial charge in [-0.15, -0.1) is 0 Å². The molecule has 0 aromatic carbocycles. The Morgan fingerprint density at radius 1 is 1.07 bits per heavy atom. The zero-order valence-corrected chi connectivity index (χ0v) is 17.5. The minimum absolute atomic E-state index is 0.0333. The van der Waals surface area contributed by atoms with Gasteiger partial charge in [0.2, 0.25) is 0 Å². The molecule has 0 bridgehead atoms. The van der Waals surface area contributed by atoms with Crippen molar-refractivity contribution in [1.82, 2.24) is 0 Å². The Balaban J connectivity index is 0.000000516. The first kappa shape index (κ1) is 21.2. The predicted octanol–water partition coefficient (Wildman–Crippen LogP) is 3.79. The van der Waals surface area contributed by atoms with Crippen LogP contribution in [-0.2, 0) is 14.4 Å². The minimum atomic E-state index is -0.833. The molecule has 5 heteroatoms. The molecular weight excluding hydrogens is 356 g/mol. The molecule has 0 aromatic rings. The third-order valence-electron chi connectivity index (χ3n) is 8.43. The van der Waals surface area contributed by atoms with Crippen LogP contribution >= 0.6 is 0 Å². The van der Waals surface area contributed by atoms with E-state index in [2.05, 4.69) is 13.8 Å². The summed E-state index contributed by atoms with van der Waals surface area (Å²) in [5, 5.41) is 18.0. The van der Waals surface area contributed by atoms with E-state index in [1.165, 1.54) is 5.57 Å². The van der Waals surface area contributed by atoms with Crippen molar-refractivity contribution in [3.63, 3.8) is 0 Å². The lowest BCUT2D eigenvalue weighted by molar-refractivity contribution is -0.134. The quantitative estimate of drug-likeness (QED) is 0.711. The van der Waals surface area contributed by atoms with Crippen LogP contribution in [0.3, 0.4) is 0 Å². The molecule has 156 valence electrons. The zero-order chi connectivity index (χ0) is 20.9. The number of rotatable bonds is 1. The van der Waals surface area contributed by atoms with Crippen LogP contribution < -0.4 is 0 Å². The fourth-order valence-corrected chi connectivity index (χ4v) is 7.31. The van der Waals surface area contributed by atoms with E-state index in [0.717, 1.165) is 45.4 Å². The average molecular weight is 391 g/mol. The Bertz CT molecular complexity index is 706. The van der Waals surface area contributed by atoms with Crippen molar-refractivity contribution in [3.8, 4) is 0 Å². The van der Waals surface area contributed by atoms with Crippen molar-refractivity contribution < 1.29 is 24.6 Å². The summed E-state index contributed by atoms with van der Waals surface area (Å²) in [6.07, 6.45) is 8.26. The van der Waals surface area contributed by atoms with Crippen LogP contribution in [0, 0.1) is 34.5 Å². The van der Waals surface area contributed by atoms with Gasteiger partial charge in [0, 0.05) is 19.3 Å². The first-order valence-electron chi connectivity index (χ1n) is 10.6. The summed E-state index contributed by atoms with van der Waals surface area (Å²) < 4.78 is 0. The van der Waals surface area contributed by atoms with Crippen LogP contribution in [0.2, 0.25) is 0 Å². The van der Waals surface area contributed by atoms with E-state index < -0.39 is 12.1 Å². The highest BCUT2D eigenvalue weighted by Crippen LogP contribution is 2.66. The molecule has 0 spiro atoms. The maximum Gasteiger partial charge on any atom is 0.300 e. The van der Waals surface area contributed by atoms with Gasteiger partial charge < -0.3 is 10.2 Å². The molecule has 2 N–H and O–H groups in total. The average Bonchev–Trinajstić information content (AvgIpc) is 2.85. The number of carbonyl (C=O) groups excluding carboxylic acids is 2. The van der Waals surface area contributed by atoms with E-state index in [1.54, 1.807) is 6.92 Å². The number of carboxylic acids is 1. The Kier molecular flexibility index (Phi) is 5.61. The van der Waals surface area contributed by atoms with Gasteiger partial charge in [0.1, 0.15) is 5.78 Å². The van der Waals surface area contributed by atoms with Crippen molar-refractivity contribution in [1.29, 1.82) is 0 Å². The molecule has 0 aliphatic heterocycles. The lowest BCUT2D eigenvalue weighted by Gasteiger charge is -2.57. The van der Waals surface area contributed by atoms with Crippen LogP contribution in [0.1, 0.15) is 72.6 Å². The number of aliphatic carboxylic acids is 1. The van der Waals surface area contributed by atoms with Crippen LogP contribution in [0.15, 0.2) is 11.6 Å². The molecule has 4 rings (SSSR count). The number of Topliss-reactive ketones (excluding diaryl/α,β-unsaturated/α-hetero) is 1. The Hall–Kier alpha value is -1.49. The maximum absolute atomic E-state index is 12.2. The first-order chi connectivity index (χ1) is 13.0. The molecule has 5 nitrogen and oxygen atoms in total. The molecule has 0 amide bonds. The summed E-state index contributed by atoms with van der Waals surface area (Å²) in [4.78, 5) is 33.1. The summed E-state index contributed by atoms with van der Waals surface area (Å²) in [6, 6.07) is 0. The molecule has 3 fully saturated rings. The summed E-state index contributed by atoms with van der Waals surface area (Å²) in [5.41, 5.74) is 1.51. The monoisotopic (exact) mass is 390 g/mol. The largest absolute Gasteiger partial charge is 0.481 e. The Labute approximate surface area is 167 Å². The van der Waals surface area contributed by atoms with Gasteiger partial charge in [-0.25, -0.2) is 0 Å². The molecule has 0 heterocycles. The van der Waals surface area contributed by atoms with Crippen molar-refractivity contribution in [2.75, 3.05) is 0 Å². The summed E-state index contributed by atoms with van der Waals surface area (Å²) in [7, 11) is 0. The Morgan fingerprint density at radius 2 is 1.71 bits per heavy atom. The number of carboxylic acid groups (broad SMARTS) is 1. The lowest BCUT2D eigenvalue weighted by Crippen LogP contribution is -2.51. The zero-order valence-electron chi connectivity index (χ0n) is 17.5. The molecule has 0 radical (unpaired) electrons. The standard InChI is InChI=1S/C21H30O3.C2H4O2/c1-12(22)19-18(24)11-17-15-5-4-13-10-14(23)6-8-20(13,2)16(15)7-9-21(17,19)3;1-2(3)4/h10,15-19,24H,4-9,11H2,1-3H3;1H3,(H,3,4)/t15-,16+,17+,18?,19+,20+,21+;/m1./s1. The molecular formula is C23H34O5. The fourth-order valence-electron chi connectivity index (χ4n) is 7.31. The van der Waals surface area contributed by atoms with E-state index in [1.807, 2.05) is 6.08 Å². The van der Waals surface area contributed by atoms with Crippen molar-refractivity contribution in [2.24, 2.45) is 34.5 Å². The highest BCUT2D eigenvalue weighted by atomic mass is 16.4. The second-order valence-corrected chi connectivity index (χ2v) is 9.92. The van der Waals surface area contributed by atoms with Gasteiger partial charge in [-0.2, -0.15) is 0 Å². The van der Waals surface area contributed by atoms with Gasteiger partial charge in [0.25, 0.3) is 5.97 Å². The Morgan fingerprint density at radius 3 is 2.32 bits per heavy atom. The van der Waals surface area contributed by atoms with Crippen LogP contribution in [0.4, 0.5) is 0 Å². The number of ketones is 2. The maximum atomic E-state index is 12.2. The van der Waals surface area contributed by atoms with Crippen LogP contribution in [0.5, 0.6) is 0 Å². The number of aliphatic hydroxyl groups is 1. The van der Waals surface area contributed by atoms with Crippen LogP contribution in [-0.4, -0.2) is 33.9 Å². The lowest BCUT2D eigenvalue weighted by atomic mass is 9.46. The predicted molar refractivity (Wildman–Crippen MR) is 106 cm³/mol. The fraction of sp³-hybridized carbons (Fsp3) is 0.783. The molecule has 0 aromatic heterocycles. The van der Waals surface area contributed by atoms with E-state index in [4.69, 9.17) is 9.90 Å². The SMILES string of the molecule is CC(=O)O.CC(=O)[C@H]1C(O)C[C@H]2[C@@H]3CCC4=CC(=O)CC[C@]4(C)[C@H]3CC[C@]12C. The van der Waals surface area contributed by atoms with E-state index in [0.29, 0.717) is 30.0 Å². The summed E-state index contributed by atoms with van der Waals surface area (Å²) in [5.74, 6) is 1.11. The van der Waals surface area contributed by atoms with Crippen molar-refractivity contribution in [3.05, 3.63) is 11.6 Å². The first-order valence-corrected chi connectivity index (χ1v) is 10.6. The molecule has 7 atom stereocenters. The third kappa shape index (κ3) is 3.36. The second kappa shape index (κ2) is 7.40. The minimum Gasteiger partial charge on any atom is -0.481 e. The number of aliphatic hydroxyl groups excluding tert-OH is 1. The highest BCUT2D eigenvalue weighted by molar-refractivity contribution is 5.91. The molecule has 0 saturated heterocycles. The van der Waals surface area contributed by atoms with E-state index in [9.17, 15) is 14.7 Å². The number of hydrogen-bond donors (Lipinski definition) is 2.